The van der Waals surface area contributed by atoms with Crippen molar-refractivity contribution in [3.8, 4) is 0 Å². The van der Waals surface area contributed by atoms with Crippen LogP contribution >= 0.6 is 24.0 Å². The maximum atomic E-state index is 5.06. The fourth-order valence-electron chi connectivity index (χ4n) is 1.82. The van der Waals surface area contributed by atoms with Crippen molar-refractivity contribution in [2.45, 2.75) is 26.2 Å². The van der Waals surface area contributed by atoms with E-state index in [1.54, 1.807) is 7.11 Å². The Morgan fingerprint density at radius 1 is 1.30 bits per heavy atom. The van der Waals surface area contributed by atoms with Gasteiger partial charge in [-0.1, -0.05) is 0 Å². The third-order valence-electron chi connectivity index (χ3n) is 3.22. The lowest BCUT2D eigenvalue weighted by molar-refractivity contribution is 0.180. The molecule has 0 aromatic carbocycles. The van der Waals surface area contributed by atoms with Crippen LogP contribution in [0, 0.1) is 5.92 Å². The Kier molecular flexibility index (Phi) is 12.6. The number of methoxy groups -OCH3 is 1. The molecule has 120 valence electrons. The van der Waals surface area contributed by atoms with Gasteiger partial charge in [0, 0.05) is 46.4 Å². The van der Waals surface area contributed by atoms with Crippen LogP contribution in [0.3, 0.4) is 0 Å². The SMILES string of the molecule is CCNC(=NCC1CC1)NCCN(C)CCCOC.I. The van der Waals surface area contributed by atoms with Gasteiger partial charge in [-0.2, -0.15) is 0 Å². The molecule has 0 radical (unpaired) electrons. The van der Waals surface area contributed by atoms with Crippen LogP contribution in [0.1, 0.15) is 26.2 Å². The smallest absolute Gasteiger partial charge is 0.191 e. The van der Waals surface area contributed by atoms with Crippen molar-refractivity contribution in [1.29, 1.82) is 0 Å². The second-order valence-corrected chi connectivity index (χ2v) is 5.24. The van der Waals surface area contributed by atoms with Gasteiger partial charge in [0.25, 0.3) is 0 Å². The number of ether oxygens (including phenoxy) is 1. The van der Waals surface area contributed by atoms with Crippen molar-refractivity contribution in [3.63, 3.8) is 0 Å². The molecular formula is C14H31IN4O. The average Bonchev–Trinajstić information content (AvgIpc) is 3.20. The largest absolute Gasteiger partial charge is 0.385 e. The molecule has 1 rings (SSSR count). The normalized spacial score (nSPS) is 15.1. The van der Waals surface area contributed by atoms with Crippen molar-refractivity contribution >= 4 is 29.9 Å². The number of aliphatic imine (C=N–C) groups is 1. The van der Waals surface area contributed by atoms with Gasteiger partial charge >= 0.3 is 0 Å². The fraction of sp³-hybridized carbons (Fsp3) is 0.929. The molecule has 2 N–H and O–H groups in total. The minimum Gasteiger partial charge on any atom is -0.385 e. The molecule has 1 aliphatic rings. The quantitative estimate of drug-likeness (QED) is 0.254. The lowest BCUT2D eigenvalue weighted by Crippen LogP contribution is -2.41. The van der Waals surface area contributed by atoms with E-state index < -0.39 is 0 Å². The Hall–Kier alpha value is -0.0800. The number of hydrogen-bond acceptors (Lipinski definition) is 3. The van der Waals surface area contributed by atoms with Crippen molar-refractivity contribution in [3.05, 3.63) is 0 Å². The highest BCUT2D eigenvalue weighted by Crippen LogP contribution is 2.28. The van der Waals surface area contributed by atoms with E-state index in [4.69, 9.17) is 4.74 Å². The number of nitrogens with zero attached hydrogens (tertiary/aromatic N) is 2. The van der Waals surface area contributed by atoms with E-state index >= 15 is 0 Å². The van der Waals surface area contributed by atoms with Crippen LogP contribution < -0.4 is 10.6 Å². The summed E-state index contributed by atoms with van der Waals surface area (Å²) in [4.78, 5) is 6.92. The van der Waals surface area contributed by atoms with Gasteiger partial charge in [-0.25, -0.2) is 0 Å². The second-order valence-electron chi connectivity index (χ2n) is 5.24. The molecule has 0 aromatic heterocycles. The molecule has 0 bridgehead atoms. The van der Waals surface area contributed by atoms with Gasteiger partial charge in [-0.15, -0.1) is 24.0 Å². The van der Waals surface area contributed by atoms with Gasteiger partial charge in [0.2, 0.25) is 0 Å². The van der Waals surface area contributed by atoms with Crippen molar-refractivity contribution < 1.29 is 4.74 Å². The molecule has 0 spiro atoms. The molecule has 1 aliphatic carbocycles. The van der Waals surface area contributed by atoms with Crippen LogP contribution in [0.2, 0.25) is 0 Å². The minimum absolute atomic E-state index is 0. The molecule has 0 heterocycles. The lowest BCUT2D eigenvalue weighted by atomic mass is 10.4. The molecule has 0 aliphatic heterocycles. The minimum atomic E-state index is 0. The summed E-state index contributed by atoms with van der Waals surface area (Å²) in [5.41, 5.74) is 0. The van der Waals surface area contributed by atoms with Crippen LogP contribution in [-0.4, -0.2) is 64.3 Å². The van der Waals surface area contributed by atoms with E-state index in [0.717, 1.165) is 57.6 Å². The van der Waals surface area contributed by atoms with Gasteiger partial charge in [-0.3, -0.25) is 4.99 Å². The summed E-state index contributed by atoms with van der Waals surface area (Å²) in [6.45, 7) is 7.86. The molecule has 0 aromatic rings. The van der Waals surface area contributed by atoms with E-state index in [2.05, 4.69) is 34.5 Å². The van der Waals surface area contributed by atoms with Gasteiger partial charge in [-0.05, 0) is 39.2 Å². The topological polar surface area (TPSA) is 48.9 Å². The molecule has 0 amide bonds. The number of halogens is 1. The number of rotatable bonds is 10. The predicted octanol–water partition coefficient (Wildman–Crippen LogP) is 1.54. The monoisotopic (exact) mass is 398 g/mol. The zero-order valence-electron chi connectivity index (χ0n) is 13.2. The third-order valence-corrected chi connectivity index (χ3v) is 3.22. The van der Waals surface area contributed by atoms with E-state index in [1.165, 1.54) is 12.8 Å². The first-order valence-electron chi connectivity index (χ1n) is 7.46. The highest BCUT2D eigenvalue weighted by Gasteiger charge is 2.20. The summed E-state index contributed by atoms with van der Waals surface area (Å²) in [5, 5.41) is 6.68. The summed E-state index contributed by atoms with van der Waals surface area (Å²) < 4.78 is 5.06. The number of hydrogen-bond donors (Lipinski definition) is 2. The third kappa shape index (κ3) is 10.7. The number of likely N-dealkylation sites (N-methyl/N-ethyl adjacent to an activating group) is 1. The van der Waals surface area contributed by atoms with Crippen molar-refractivity contribution in [2.75, 3.05) is 53.5 Å². The fourth-order valence-corrected chi connectivity index (χ4v) is 1.82. The molecule has 0 atom stereocenters. The first kappa shape index (κ1) is 19.9. The summed E-state index contributed by atoms with van der Waals surface area (Å²) in [5.74, 6) is 1.80. The van der Waals surface area contributed by atoms with Crippen LogP contribution in [0.25, 0.3) is 0 Å². The summed E-state index contributed by atoms with van der Waals surface area (Å²) >= 11 is 0. The number of guanidine groups is 1. The summed E-state index contributed by atoms with van der Waals surface area (Å²) in [6.07, 6.45) is 3.79. The molecule has 1 saturated carbocycles. The second kappa shape index (κ2) is 12.6. The standard InChI is InChI=1S/C14H30N4O.HI/c1-4-15-14(17-12-13-6-7-13)16-8-10-18(2)9-5-11-19-3;/h13H,4-12H2,1-3H3,(H2,15,16,17);1H. The predicted molar refractivity (Wildman–Crippen MR) is 96.1 cm³/mol. The first-order valence-corrected chi connectivity index (χ1v) is 7.46. The van der Waals surface area contributed by atoms with Gasteiger partial charge in [0.1, 0.15) is 0 Å². The zero-order chi connectivity index (χ0) is 13.9. The molecule has 0 saturated heterocycles. The van der Waals surface area contributed by atoms with Crippen LogP contribution in [-0.2, 0) is 4.74 Å². The van der Waals surface area contributed by atoms with Crippen LogP contribution in [0.15, 0.2) is 4.99 Å². The Morgan fingerprint density at radius 2 is 2.05 bits per heavy atom. The summed E-state index contributed by atoms with van der Waals surface area (Å²) in [6, 6.07) is 0. The maximum absolute atomic E-state index is 5.06. The van der Waals surface area contributed by atoms with Gasteiger partial charge in [0.15, 0.2) is 5.96 Å². The molecule has 6 heteroatoms. The first-order chi connectivity index (χ1) is 9.26. The Morgan fingerprint density at radius 3 is 2.65 bits per heavy atom. The van der Waals surface area contributed by atoms with Gasteiger partial charge < -0.3 is 20.3 Å². The lowest BCUT2D eigenvalue weighted by Gasteiger charge is -2.18. The zero-order valence-corrected chi connectivity index (χ0v) is 15.5. The van der Waals surface area contributed by atoms with Crippen molar-refractivity contribution in [2.24, 2.45) is 10.9 Å². The van der Waals surface area contributed by atoms with E-state index in [1.807, 2.05) is 0 Å². The van der Waals surface area contributed by atoms with E-state index in [-0.39, 0.29) is 24.0 Å². The highest BCUT2D eigenvalue weighted by molar-refractivity contribution is 14.0. The Balaban J connectivity index is 0.00000361. The molecule has 5 nitrogen and oxygen atoms in total. The van der Waals surface area contributed by atoms with Crippen LogP contribution in [0.4, 0.5) is 0 Å². The van der Waals surface area contributed by atoms with Crippen molar-refractivity contribution in [1.82, 2.24) is 15.5 Å². The van der Waals surface area contributed by atoms with Crippen LogP contribution in [0.5, 0.6) is 0 Å². The van der Waals surface area contributed by atoms with Gasteiger partial charge in [0.05, 0.1) is 0 Å². The Bertz CT molecular complexity index is 260. The van der Waals surface area contributed by atoms with E-state index in [9.17, 15) is 0 Å². The maximum Gasteiger partial charge on any atom is 0.191 e. The molecule has 1 fully saturated rings. The number of nitrogens with one attached hydrogen (secondary N) is 2. The average molecular weight is 398 g/mol. The Labute approximate surface area is 140 Å². The highest BCUT2D eigenvalue weighted by atomic mass is 127. The molecule has 0 unspecified atom stereocenters. The molecule has 20 heavy (non-hydrogen) atoms. The summed E-state index contributed by atoms with van der Waals surface area (Å²) in [7, 11) is 3.90. The van der Waals surface area contributed by atoms with E-state index in [0.29, 0.717) is 0 Å². The molecular weight excluding hydrogens is 367 g/mol.